The molecule has 0 saturated carbocycles. The van der Waals surface area contributed by atoms with Crippen LogP contribution in [0.15, 0.2) is 12.2 Å². The van der Waals surface area contributed by atoms with E-state index in [4.69, 9.17) is 9.47 Å². The van der Waals surface area contributed by atoms with Gasteiger partial charge in [0, 0.05) is 18.6 Å². The maximum atomic E-state index is 12.8. The Morgan fingerprint density at radius 2 is 1.92 bits per heavy atom. The number of hydrogen-bond donors (Lipinski definition) is 0. The van der Waals surface area contributed by atoms with E-state index in [1.54, 1.807) is 0 Å². The Morgan fingerprint density at radius 1 is 1.24 bits per heavy atom. The Hall–Kier alpha value is -1.36. The molecule has 1 aliphatic heterocycles. The molecule has 0 bridgehead atoms. The molecule has 25 heavy (non-hydrogen) atoms. The van der Waals surface area contributed by atoms with Gasteiger partial charge in [-0.05, 0) is 46.0 Å². The van der Waals surface area contributed by atoms with Crippen LogP contribution in [0.4, 0.5) is 4.79 Å². The molecule has 2 amide bonds. The molecule has 0 spiro atoms. The average Bonchev–Trinajstić information content (AvgIpc) is 2.75. The maximum absolute atomic E-state index is 12.8. The first-order chi connectivity index (χ1) is 11.7. The topological polar surface area (TPSA) is 55.8 Å². The molecule has 0 aromatic heterocycles. The van der Waals surface area contributed by atoms with E-state index in [2.05, 4.69) is 19.9 Å². The lowest BCUT2D eigenvalue weighted by molar-refractivity contribution is -0.130. The van der Waals surface area contributed by atoms with Gasteiger partial charge in [-0.25, -0.2) is 9.69 Å². The van der Waals surface area contributed by atoms with Crippen molar-refractivity contribution in [3.8, 4) is 0 Å². The fourth-order valence-corrected chi connectivity index (χ4v) is 3.92. The van der Waals surface area contributed by atoms with E-state index in [0.29, 0.717) is 12.5 Å². The van der Waals surface area contributed by atoms with Crippen LogP contribution in [0.25, 0.3) is 0 Å². The van der Waals surface area contributed by atoms with Gasteiger partial charge in [-0.1, -0.05) is 32.4 Å². The summed E-state index contributed by atoms with van der Waals surface area (Å²) in [5.74, 6) is 0.253. The molecular formula is C20H33NO4. The highest BCUT2D eigenvalue weighted by atomic mass is 16.6. The van der Waals surface area contributed by atoms with Crippen LogP contribution >= 0.6 is 0 Å². The van der Waals surface area contributed by atoms with Crippen molar-refractivity contribution in [3.05, 3.63) is 12.2 Å². The molecule has 0 N–H and O–H groups in total. The summed E-state index contributed by atoms with van der Waals surface area (Å²) in [7, 11) is 0. The zero-order chi connectivity index (χ0) is 18.8. The van der Waals surface area contributed by atoms with Crippen molar-refractivity contribution in [2.24, 2.45) is 23.7 Å². The third kappa shape index (κ3) is 4.43. The molecule has 2 aliphatic rings. The average molecular weight is 351 g/mol. The zero-order valence-electron chi connectivity index (χ0n) is 16.5. The quantitative estimate of drug-likeness (QED) is 0.554. The van der Waals surface area contributed by atoms with Crippen molar-refractivity contribution in [1.82, 2.24) is 4.90 Å². The van der Waals surface area contributed by atoms with Gasteiger partial charge in [-0.2, -0.15) is 0 Å². The van der Waals surface area contributed by atoms with Crippen LogP contribution in [0.3, 0.4) is 0 Å². The zero-order valence-corrected chi connectivity index (χ0v) is 16.5. The molecule has 5 nitrogen and oxygen atoms in total. The Kier molecular flexibility index (Phi) is 6.30. The molecule has 5 atom stereocenters. The highest BCUT2D eigenvalue weighted by molar-refractivity contribution is 5.97. The number of rotatable bonds is 5. The maximum Gasteiger partial charge on any atom is 0.417 e. The second kappa shape index (κ2) is 7.90. The second-order valence-corrected chi connectivity index (χ2v) is 8.37. The number of likely N-dealkylation sites (tertiary alicyclic amines) is 1. The van der Waals surface area contributed by atoms with Crippen LogP contribution in [0.2, 0.25) is 0 Å². The largest absolute Gasteiger partial charge is 0.443 e. The van der Waals surface area contributed by atoms with Gasteiger partial charge in [0.05, 0.1) is 12.5 Å². The number of fused-ring (bicyclic) bond motifs is 1. The third-order valence-electron chi connectivity index (χ3n) is 5.24. The fraction of sp³-hybridized carbons (Fsp3) is 0.800. The molecule has 0 aromatic rings. The van der Waals surface area contributed by atoms with E-state index < -0.39 is 11.7 Å². The van der Waals surface area contributed by atoms with Crippen LogP contribution in [0.5, 0.6) is 0 Å². The number of carbonyl (C=O) groups is 2. The normalized spacial score (nSPS) is 32.0. The lowest BCUT2D eigenvalue weighted by atomic mass is 9.70. The fourth-order valence-electron chi connectivity index (χ4n) is 3.92. The van der Waals surface area contributed by atoms with Gasteiger partial charge in [0.15, 0.2) is 0 Å². The summed E-state index contributed by atoms with van der Waals surface area (Å²) in [6.07, 6.45) is 5.68. The monoisotopic (exact) mass is 351 g/mol. The molecular weight excluding hydrogens is 318 g/mol. The Labute approximate surface area is 151 Å². The van der Waals surface area contributed by atoms with E-state index in [1.165, 1.54) is 4.90 Å². The van der Waals surface area contributed by atoms with Crippen LogP contribution in [-0.2, 0) is 14.3 Å². The van der Waals surface area contributed by atoms with Crippen molar-refractivity contribution in [1.29, 1.82) is 0 Å². The first-order valence-corrected chi connectivity index (χ1v) is 9.49. The van der Waals surface area contributed by atoms with Crippen molar-refractivity contribution >= 4 is 12.0 Å². The summed E-state index contributed by atoms with van der Waals surface area (Å²) in [5, 5.41) is 0. The SMILES string of the molecule is CCCCOC[C@@H]1[C@H]2[C@H](C=C[C@H]1C)C(=O)N(C(=O)OC(C)(C)C)[C@@H]2C. The molecule has 1 heterocycles. The van der Waals surface area contributed by atoms with Gasteiger partial charge in [0.2, 0.25) is 5.91 Å². The smallest absolute Gasteiger partial charge is 0.417 e. The molecule has 5 heteroatoms. The number of hydrogen-bond acceptors (Lipinski definition) is 4. The number of ether oxygens (including phenoxy) is 2. The number of imide groups is 1. The third-order valence-corrected chi connectivity index (χ3v) is 5.24. The molecule has 2 rings (SSSR count). The molecule has 1 saturated heterocycles. The van der Waals surface area contributed by atoms with E-state index in [9.17, 15) is 9.59 Å². The van der Waals surface area contributed by atoms with E-state index in [1.807, 2.05) is 33.8 Å². The molecule has 142 valence electrons. The van der Waals surface area contributed by atoms with Gasteiger partial charge in [0.1, 0.15) is 5.60 Å². The van der Waals surface area contributed by atoms with Crippen molar-refractivity contribution in [2.75, 3.05) is 13.2 Å². The van der Waals surface area contributed by atoms with Gasteiger partial charge in [0.25, 0.3) is 0 Å². The molecule has 0 aromatic carbocycles. The minimum atomic E-state index is -0.614. The van der Waals surface area contributed by atoms with Gasteiger partial charge in [-0.3, -0.25) is 4.79 Å². The summed E-state index contributed by atoms with van der Waals surface area (Å²) >= 11 is 0. The lowest BCUT2D eigenvalue weighted by Crippen LogP contribution is -2.43. The van der Waals surface area contributed by atoms with Crippen molar-refractivity contribution in [3.63, 3.8) is 0 Å². The molecule has 0 unspecified atom stereocenters. The standard InChI is InChI=1S/C20H33NO4/c1-7-8-11-24-12-16-13(2)9-10-15-17(16)14(3)21(18(15)22)19(23)25-20(4,5)6/h9-10,13-17H,7-8,11-12H2,1-6H3/t13-,14-,15+,16+,17-/m1/s1. The first-order valence-electron chi connectivity index (χ1n) is 9.49. The summed E-state index contributed by atoms with van der Waals surface area (Å²) in [4.78, 5) is 26.7. The molecule has 1 fully saturated rings. The number of nitrogens with zero attached hydrogens (tertiary/aromatic N) is 1. The number of allylic oxidation sites excluding steroid dienone is 1. The Balaban J connectivity index is 2.14. The van der Waals surface area contributed by atoms with Gasteiger partial charge >= 0.3 is 6.09 Å². The minimum absolute atomic E-state index is 0.0849. The number of carbonyl (C=O) groups excluding carboxylic acids is 2. The van der Waals surface area contributed by atoms with Crippen LogP contribution in [-0.4, -0.2) is 41.8 Å². The van der Waals surface area contributed by atoms with E-state index >= 15 is 0 Å². The van der Waals surface area contributed by atoms with Crippen molar-refractivity contribution in [2.45, 2.75) is 66.0 Å². The second-order valence-electron chi connectivity index (χ2n) is 8.37. The van der Waals surface area contributed by atoms with Gasteiger partial charge < -0.3 is 9.47 Å². The van der Waals surface area contributed by atoms with Gasteiger partial charge in [-0.15, -0.1) is 0 Å². The predicted molar refractivity (Wildman–Crippen MR) is 97.0 cm³/mol. The lowest BCUT2D eigenvalue weighted by Gasteiger charge is -2.36. The molecule has 0 radical (unpaired) electrons. The first kappa shape index (κ1) is 20.0. The summed E-state index contributed by atoms with van der Waals surface area (Å²) in [6, 6.07) is -0.181. The Morgan fingerprint density at radius 3 is 2.52 bits per heavy atom. The Bertz CT molecular complexity index is 522. The number of unbranched alkanes of at least 4 members (excludes halogenated alkanes) is 1. The van der Waals surface area contributed by atoms with E-state index in [0.717, 1.165) is 19.4 Å². The summed E-state index contributed by atoms with van der Waals surface area (Å²) in [6.45, 7) is 13.1. The highest BCUT2D eigenvalue weighted by Crippen LogP contribution is 2.44. The van der Waals surface area contributed by atoms with Crippen LogP contribution < -0.4 is 0 Å². The molecule has 1 aliphatic carbocycles. The summed E-state index contributed by atoms with van der Waals surface area (Å²) < 4.78 is 11.3. The minimum Gasteiger partial charge on any atom is -0.443 e. The van der Waals surface area contributed by atoms with Crippen LogP contribution in [0.1, 0.15) is 54.4 Å². The van der Waals surface area contributed by atoms with Crippen LogP contribution in [0, 0.1) is 23.7 Å². The predicted octanol–water partition coefficient (Wildman–Crippen LogP) is 4.02. The highest BCUT2D eigenvalue weighted by Gasteiger charge is 2.53. The number of amides is 2. The van der Waals surface area contributed by atoms with E-state index in [-0.39, 0.29) is 29.7 Å². The summed E-state index contributed by atoms with van der Waals surface area (Å²) in [5.41, 5.74) is -0.614. The van der Waals surface area contributed by atoms with Crippen molar-refractivity contribution < 1.29 is 19.1 Å².